The lowest BCUT2D eigenvalue weighted by Gasteiger charge is -2.30. The molecule has 0 unspecified atom stereocenters. The fourth-order valence-corrected chi connectivity index (χ4v) is 8.69. The summed E-state index contributed by atoms with van der Waals surface area (Å²) in [7, 11) is 0. The highest BCUT2D eigenvalue weighted by atomic mass is 16.3. The number of para-hydroxylation sites is 3. The van der Waals surface area contributed by atoms with Crippen LogP contribution in [-0.2, 0) is 0 Å². The van der Waals surface area contributed by atoms with E-state index in [4.69, 9.17) is 4.42 Å². The number of anilines is 3. The second kappa shape index (κ2) is 14.1. The third-order valence-electron chi connectivity index (χ3n) is 11.5. The lowest BCUT2D eigenvalue weighted by molar-refractivity contribution is 0.669. The van der Waals surface area contributed by atoms with E-state index >= 15 is 0 Å². The van der Waals surface area contributed by atoms with Gasteiger partial charge >= 0.3 is 0 Å². The fraction of sp³-hybridized carbons (Fsp3) is 0. The van der Waals surface area contributed by atoms with Crippen LogP contribution in [0.5, 0.6) is 0 Å². The maximum Gasteiger partial charge on any atom is 0.136 e. The largest absolute Gasteiger partial charge is 0.456 e. The van der Waals surface area contributed by atoms with Crippen molar-refractivity contribution in [3.05, 3.63) is 224 Å². The van der Waals surface area contributed by atoms with Gasteiger partial charge in [-0.3, -0.25) is 0 Å². The van der Waals surface area contributed by atoms with Gasteiger partial charge in [-0.2, -0.15) is 0 Å². The van der Waals surface area contributed by atoms with E-state index in [0.29, 0.717) is 0 Å². The van der Waals surface area contributed by atoms with Gasteiger partial charge < -0.3 is 9.32 Å². The topological polar surface area (TPSA) is 16.4 Å². The molecule has 0 aliphatic rings. The van der Waals surface area contributed by atoms with Crippen molar-refractivity contribution in [3.8, 4) is 44.5 Å². The van der Waals surface area contributed by atoms with Crippen molar-refractivity contribution < 1.29 is 4.42 Å². The molecule has 2 heteroatoms. The van der Waals surface area contributed by atoms with Crippen LogP contribution in [0.1, 0.15) is 0 Å². The van der Waals surface area contributed by atoms with Gasteiger partial charge in [0.15, 0.2) is 0 Å². The second-order valence-electron chi connectivity index (χ2n) is 14.9. The van der Waals surface area contributed by atoms with Gasteiger partial charge in [0.05, 0.1) is 11.4 Å². The molecule has 0 radical (unpaired) electrons. The first kappa shape index (κ1) is 33.6. The SMILES string of the molecule is c1ccc(N(c2ccc(-c3ccc(-c4cccc5ccccc45)cc3)cc2)c2ccccc2-c2cccc3ccccc23)c(-c2ccc3c(c2)oc2ccccc23)c1. The van der Waals surface area contributed by atoms with Gasteiger partial charge in [0.25, 0.3) is 0 Å². The number of fused-ring (bicyclic) bond motifs is 5. The van der Waals surface area contributed by atoms with Crippen molar-refractivity contribution in [1.29, 1.82) is 0 Å². The van der Waals surface area contributed by atoms with Gasteiger partial charge in [-0.1, -0.05) is 182 Å². The van der Waals surface area contributed by atoms with Crippen LogP contribution in [0.15, 0.2) is 229 Å². The zero-order chi connectivity index (χ0) is 38.4. The molecular formula is C56H37NO. The smallest absolute Gasteiger partial charge is 0.136 e. The van der Waals surface area contributed by atoms with E-state index in [-0.39, 0.29) is 0 Å². The monoisotopic (exact) mass is 739 g/mol. The predicted octanol–water partition coefficient (Wildman–Crippen LogP) is 16.0. The van der Waals surface area contributed by atoms with Crippen LogP contribution in [0.3, 0.4) is 0 Å². The molecule has 10 aromatic carbocycles. The Morgan fingerprint density at radius 2 is 0.741 bits per heavy atom. The molecule has 0 amide bonds. The normalized spacial score (nSPS) is 11.4. The second-order valence-corrected chi connectivity index (χ2v) is 14.9. The van der Waals surface area contributed by atoms with Crippen LogP contribution in [0.4, 0.5) is 17.1 Å². The predicted molar refractivity (Wildman–Crippen MR) is 245 cm³/mol. The Kier molecular flexibility index (Phi) is 8.19. The molecule has 1 heterocycles. The maximum absolute atomic E-state index is 6.39. The molecule has 0 N–H and O–H groups in total. The summed E-state index contributed by atoms with van der Waals surface area (Å²) in [6, 6.07) is 80.7. The van der Waals surface area contributed by atoms with E-state index in [1.54, 1.807) is 0 Å². The van der Waals surface area contributed by atoms with Crippen molar-refractivity contribution >= 4 is 60.5 Å². The summed E-state index contributed by atoms with van der Waals surface area (Å²) < 4.78 is 6.39. The van der Waals surface area contributed by atoms with Crippen LogP contribution >= 0.6 is 0 Å². The molecule has 0 spiro atoms. The molecule has 0 saturated heterocycles. The Morgan fingerprint density at radius 1 is 0.276 bits per heavy atom. The van der Waals surface area contributed by atoms with Crippen LogP contribution in [0.25, 0.3) is 88.0 Å². The number of hydrogen-bond donors (Lipinski definition) is 0. The highest BCUT2D eigenvalue weighted by molar-refractivity contribution is 6.07. The zero-order valence-electron chi connectivity index (χ0n) is 31.7. The van der Waals surface area contributed by atoms with E-state index in [2.05, 4.69) is 217 Å². The fourth-order valence-electron chi connectivity index (χ4n) is 8.69. The minimum absolute atomic E-state index is 0.882. The lowest BCUT2D eigenvalue weighted by Crippen LogP contribution is -2.12. The van der Waals surface area contributed by atoms with Crippen LogP contribution < -0.4 is 4.90 Å². The van der Waals surface area contributed by atoms with E-state index in [1.807, 2.05) is 12.1 Å². The van der Waals surface area contributed by atoms with Crippen LogP contribution in [0, 0.1) is 0 Å². The van der Waals surface area contributed by atoms with Crippen LogP contribution in [0.2, 0.25) is 0 Å². The summed E-state index contributed by atoms with van der Waals surface area (Å²) in [5.41, 5.74) is 14.4. The van der Waals surface area contributed by atoms with E-state index < -0.39 is 0 Å². The van der Waals surface area contributed by atoms with Crippen molar-refractivity contribution in [1.82, 2.24) is 0 Å². The van der Waals surface area contributed by atoms with Gasteiger partial charge in [0.1, 0.15) is 11.2 Å². The van der Waals surface area contributed by atoms with Gasteiger partial charge in [0.2, 0.25) is 0 Å². The molecule has 272 valence electrons. The molecule has 58 heavy (non-hydrogen) atoms. The molecule has 11 rings (SSSR count). The summed E-state index contributed by atoms with van der Waals surface area (Å²) in [5.74, 6) is 0. The van der Waals surface area contributed by atoms with Crippen molar-refractivity contribution in [2.45, 2.75) is 0 Å². The van der Waals surface area contributed by atoms with E-state index in [9.17, 15) is 0 Å². The minimum Gasteiger partial charge on any atom is -0.456 e. The summed E-state index contributed by atoms with van der Waals surface area (Å²) in [5, 5.41) is 7.22. The summed E-state index contributed by atoms with van der Waals surface area (Å²) in [4.78, 5) is 2.42. The molecule has 0 bridgehead atoms. The maximum atomic E-state index is 6.39. The van der Waals surface area contributed by atoms with Gasteiger partial charge in [-0.15, -0.1) is 0 Å². The summed E-state index contributed by atoms with van der Waals surface area (Å²) in [6.45, 7) is 0. The molecule has 0 saturated carbocycles. The highest BCUT2D eigenvalue weighted by Gasteiger charge is 2.22. The Hall–Kier alpha value is -7.68. The standard InChI is InChI=1S/C56H37NO/c1-3-17-45-40(13-1)15-11-22-46(45)42-29-27-38(28-30-42)39-31-34-44(35-32-39)57(54-25-9-6-20-50(54)49-23-12-16-41-14-2-4-18-47(41)49)53-24-8-5-19-48(53)43-33-36-52-51-21-7-10-26-55(51)58-56(52)37-43/h1-37H. The Morgan fingerprint density at radius 3 is 1.47 bits per heavy atom. The molecule has 0 fully saturated rings. The van der Waals surface area contributed by atoms with E-state index in [0.717, 1.165) is 55.7 Å². The zero-order valence-corrected chi connectivity index (χ0v) is 31.7. The van der Waals surface area contributed by atoms with E-state index in [1.165, 1.54) is 49.4 Å². The Balaban J connectivity index is 1.05. The first-order valence-electron chi connectivity index (χ1n) is 19.8. The molecule has 2 nitrogen and oxygen atoms in total. The molecule has 0 aliphatic heterocycles. The molecule has 0 atom stereocenters. The van der Waals surface area contributed by atoms with Crippen molar-refractivity contribution in [3.63, 3.8) is 0 Å². The average molecular weight is 740 g/mol. The Bertz CT molecular complexity index is 3270. The first-order chi connectivity index (χ1) is 28.8. The number of rotatable bonds is 7. The third-order valence-corrected chi connectivity index (χ3v) is 11.5. The number of furan rings is 1. The molecule has 1 aromatic heterocycles. The van der Waals surface area contributed by atoms with Crippen molar-refractivity contribution in [2.75, 3.05) is 4.90 Å². The molecule has 11 aromatic rings. The number of hydrogen-bond acceptors (Lipinski definition) is 2. The minimum atomic E-state index is 0.882. The molecule has 0 aliphatic carbocycles. The quantitative estimate of drug-likeness (QED) is 0.162. The first-order valence-corrected chi connectivity index (χ1v) is 19.8. The average Bonchev–Trinajstić information content (AvgIpc) is 3.67. The summed E-state index contributed by atoms with van der Waals surface area (Å²) in [6.07, 6.45) is 0. The number of benzene rings is 10. The number of nitrogens with zero attached hydrogens (tertiary/aromatic N) is 1. The molecular weight excluding hydrogens is 703 g/mol. The third kappa shape index (κ3) is 5.82. The van der Waals surface area contributed by atoms with Crippen LogP contribution in [-0.4, -0.2) is 0 Å². The van der Waals surface area contributed by atoms with Gasteiger partial charge in [0, 0.05) is 27.6 Å². The van der Waals surface area contributed by atoms with Gasteiger partial charge in [-0.25, -0.2) is 0 Å². The highest BCUT2D eigenvalue weighted by Crippen LogP contribution is 2.46. The van der Waals surface area contributed by atoms with Gasteiger partial charge in [-0.05, 0) is 97.4 Å². The Labute approximate surface area is 337 Å². The lowest BCUT2D eigenvalue weighted by atomic mass is 9.94. The summed E-state index contributed by atoms with van der Waals surface area (Å²) >= 11 is 0. The van der Waals surface area contributed by atoms with Crippen molar-refractivity contribution in [2.24, 2.45) is 0 Å².